The number of hydroxylamine groups is 1. The first-order valence-corrected chi connectivity index (χ1v) is 5.68. The van der Waals surface area contributed by atoms with Gasteiger partial charge in [0, 0.05) is 26.1 Å². The van der Waals surface area contributed by atoms with Gasteiger partial charge in [-0.15, -0.1) is 0 Å². The Morgan fingerprint density at radius 1 is 1.47 bits per heavy atom. The van der Waals surface area contributed by atoms with E-state index in [0.717, 1.165) is 13.1 Å². The molecular formula is C10H19N3O4. The highest BCUT2D eigenvalue weighted by molar-refractivity contribution is 5.82. The highest BCUT2D eigenvalue weighted by Crippen LogP contribution is 1.97. The van der Waals surface area contributed by atoms with Crippen molar-refractivity contribution >= 4 is 11.9 Å². The maximum absolute atomic E-state index is 11.5. The van der Waals surface area contributed by atoms with E-state index in [1.54, 1.807) is 6.92 Å². The van der Waals surface area contributed by atoms with Gasteiger partial charge in [-0.25, -0.2) is 4.79 Å². The minimum atomic E-state index is -0.710. The number of nitrogens with zero attached hydrogens (tertiary/aromatic N) is 1. The van der Waals surface area contributed by atoms with Crippen molar-refractivity contribution in [1.82, 2.24) is 10.4 Å². The zero-order valence-electron chi connectivity index (χ0n) is 9.98. The fourth-order valence-electron chi connectivity index (χ4n) is 1.40. The summed E-state index contributed by atoms with van der Waals surface area (Å²) in [6, 6.07) is -0.710. The average Bonchev–Trinajstić information content (AvgIpc) is 2.36. The van der Waals surface area contributed by atoms with Crippen LogP contribution in [0.2, 0.25) is 0 Å². The Labute approximate surface area is 100 Å². The third-order valence-corrected chi connectivity index (χ3v) is 2.45. The van der Waals surface area contributed by atoms with Crippen LogP contribution < -0.4 is 11.2 Å². The third-order valence-electron chi connectivity index (χ3n) is 2.45. The second kappa shape index (κ2) is 7.21. The molecule has 7 heteroatoms. The normalized spacial score (nSPS) is 18.5. The molecule has 0 saturated carbocycles. The fourth-order valence-corrected chi connectivity index (χ4v) is 1.40. The van der Waals surface area contributed by atoms with E-state index in [0.29, 0.717) is 19.8 Å². The number of carbonyl (C=O) groups excluding carboxylic acids is 2. The second-order valence-corrected chi connectivity index (χ2v) is 3.81. The van der Waals surface area contributed by atoms with Crippen molar-refractivity contribution in [3.05, 3.63) is 0 Å². The Balaban J connectivity index is 2.23. The number of carbonyl (C=O) groups is 2. The summed E-state index contributed by atoms with van der Waals surface area (Å²) in [7, 11) is 0. The Bertz CT molecular complexity index is 266. The third kappa shape index (κ3) is 5.12. The molecule has 0 spiro atoms. The van der Waals surface area contributed by atoms with Gasteiger partial charge in [0.15, 0.2) is 0 Å². The van der Waals surface area contributed by atoms with Gasteiger partial charge in [-0.2, -0.15) is 5.48 Å². The molecule has 1 atom stereocenters. The van der Waals surface area contributed by atoms with Gasteiger partial charge in [-0.05, 0) is 0 Å². The molecule has 1 aliphatic heterocycles. The second-order valence-electron chi connectivity index (χ2n) is 3.81. The number of nitrogens with two attached hydrogens (primary N) is 1. The van der Waals surface area contributed by atoms with Gasteiger partial charge in [0.1, 0.15) is 6.04 Å². The molecule has 0 unspecified atom stereocenters. The summed E-state index contributed by atoms with van der Waals surface area (Å²) in [6.45, 7) is 4.89. The van der Waals surface area contributed by atoms with Gasteiger partial charge in [0.2, 0.25) is 0 Å². The van der Waals surface area contributed by atoms with Gasteiger partial charge in [0.25, 0.3) is 5.91 Å². The van der Waals surface area contributed by atoms with Crippen LogP contribution in [0.5, 0.6) is 0 Å². The Morgan fingerprint density at radius 3 is 2.71 bits per heavy atom. The number of hydrogen-bond acceptors (Lipinski definition) is 6. The first-order chi connectivity index (χ1) is 8.13. The van der Waals surface area contributed by atoms with Gasteiger partial charge in [0.05, 0.1) is 13.2 Å². The number of morpholine rings is 1. The van der Waals surface area contributed by atoms with E-state index in [1.807, 2.05) is 4.90 Å². The largest absolute Gasteiger partial charge is 0.379 e. The van der Waals surface area contributed by atoms with E-state index in [9.17, 15) is 9.59 Å². The summed E-state index contributed by atoms with van der Waals surface area (Å²) >= 11 is 0. The highest BCUT2D eigenvalue weighted by atomic mass is 16.7. The van der Waals surface area contributed by atoms with Crippen LogP contribution in [0.4, 0.5) is 0 Å². The summed E-state index contributed by atoms with van der Waals surface area (Å²) < 4.78 is 5.18. The lowest BCUT2D eigenvalue weighted by molar-refractivity contribution is -0.158. The lowest BCUT2D eigenvalue weighted by Gasteiger charge is -2.28. The topological polar surface area (TPSA) is 93.9 Å². The maximum atomic E-state index is 11.5. The smallest absolute Gasteiger partial charge is 0.331 e. The first-order valence-electron chi connectivity index (χ1n) is 5.68. The van der Waals surface area contributed by atoms with Crippen LogP contribution in [0.15, 0.2) is 0 Å². The molecule has 0 aliphatic carbocycles. The average molecular weight is 245 g/mol. The molecule has 0 bridgehead atoms. The molecule has 0 aromatic carbocycles. The summed E-state index contributed by atoms with van der Waals surface area (Å²) in [5.41, 5.74) is 7.74. The monoisotopic (exact) mass is 245 g/mol. The molecule has 17 heavy (non-hydrogen) atoms. The Morgan fingerprint density at radius 2 is 2.12 bits per heavy atom. The van der Waals surface area contributed by atoms with E-state index >= 15 is 0 Å². The van der Waals surface area contributed by atoms with E-state index in [4.69, 9.17) is 10.5 Å². The van der Waals surface area contributed by atoms with Crippen LogP contribution in [0.1, 0.15) is 13.3 Å². The minimum Gasteiger partial charge on any atom is -0.379 e. The molecule has 0 radical (unpaired) electrons. The molecule has 98 valence electrons. The fraction of sp³-hybridized carbons (Fsp3) is 0.800. The molecule has 1 saturated heterocycles. The number of rotatable bonds is 4. The van der Waals surface area contributed by atoms with Crippen LogP contribution in [0, 0.1) is 0 Å². The molecule has 1 heterocycles. The molecule has 3 N–H and O–H groups in total. The zero-order chi connectivity index (χ0) is 12.7. The van der Waals surface area contributed by atoms with Crippen molar-refractivity contribution < 1.29 is 19.2 Å². The van der Waals surface area contributed by atoms with Gasteiger partial charge in [-0.1, -0.05) is 6.92 Å². The van der Waals surface area contributed by atoms with Crippen molar-refractivity contribution in [2.24, 2.45) is 5.73 Å². The van der Waals surface area contributed by atoms with Gasteiger partial charge < -0.3 is 15.3 Å². The molecule has 1 rings (SSSR count). The molecule has 1 aliphatic rings. The lowest BCUT2D eigenvalue weighted by Crippen LogP contribution is -2.50. The summed E-state index contributed by atoms with van der Waals surface area (Å²) in [6.07, 6.45) is 0.207. The zero-order valence-corrected chi connectivity index (χ0v) is 9.98. The van der Waals surface area contributed by atoms with Crippen molar-refractivity contribution in [2.45, 2.75) is 19.4 Å². The first kappa shape index (κ1) is 13.9. The van der Waals surface area contributed by atoms with E-state index < -0.39 is 17.9 Å². The van der Waals surface area contributed by atoms with Gasteiger partial charge in [-0.3, -0.25) is 9.69 Å². The van der Waals surface area contributed by atoms with Crippen molar-refractivity contribution in [2.75, 3.05) is 32.8 Å². The van der Waals surface area contributed by atoms with E-state index in [2.05, 4.69) is 10.3 Å². The SMILES string of the molecule is CCC(=O)ONC(=O)[C@@H](N)CN1CCOCC1. The number of hydrogen-bond donors (Lipinski definition) is 2. The van der Waals surface area contributed by atoms with E-state index in [1.165, 1.54) is 0 Å². The molecule has 7 nitrogen and oxygen atoms in total. The highest BCUT2D eigenvalue weighted by Gasteiger charge is 2.20. The minimum absolute atomic E-state index is 0.207. The predicted molar refractivity (Wildman–Crippen MR) is 59.8 cm³/mol. The maximum Gasteiger partial charge on any atom is 0.331 e. The molecule has 0 aromatic heterocycles. The predicted octanol–water partition coefficient (Wildman–Crippen LogP) is -1.37. The van der Waals surface area contributed by atoms with Crippen LogP contribution in [0.3, 0.4) is 0 Å². The van der Waals surface area contributed by atoms with Crippen LogP contribution >= 0.6 is 0 Å². The Kier molecular flexibility index (Phi) is 5.88. The van der Waals surface area contributed by atoms with Crippen LogP contribution in [-0.4, -0.2) is 55.7 Å². The summed E-state index contributed by atoms with van der Waals surface area (Å²) in [5.74, 6) is -0.977. The van der Waals surface area contributed by atoms with Crippen molar-refractivity contribution in [1.29, 1.82) is 0 Å². The summed E-state index contributed by atoms with van der Waals surface area (Å²) in [4.78, 5) is 28.8. The standard InChI is InChI=1S/C10H19N3O4/c1-2-9(14)17-12-10(15)8(11)7-13-3-5-16-6-4-13/h8H,2-7,11H2,1H3,(H,12,15)/t8-/m0/s1. The van der Waals surface area contributed by atoms with Crippen molar-refractivity contribution in [3.63, 3.8) is 0 Å². The molecular weight excluding hydrogens is 226 g/mol. The van der Waals surface area contributed by atoms with Crippen LogP contribution in [0.25, 0.3) is 0 Å². The van der Waals surface area contributed by atoms with Crippen LogP contribution in [-0.2, 0) is 19.2 Å². The molecule has 1 amide bonds. The van der Waals surface area contributed by atoms with Gasteiger partial charge >= 0.3 is 5.97 Å². The number of ether oxygens (including phenoxy) is 1. The number of amides is 1. The van der Waals surface area contributed by atoms with Crippen molar-refractivity contribution in [3.8, 4) is 0 Å². The lowest BCUT2D eigenvalue weighted by atomic mass is 10.2. The Hall–Kier alpha value is -1.18. The summed E-state index contributed by atoms with van der Waals surface area (Å²) in [5, 5.41) is 0. The quantitative estimate of drug-likeness (QED) is 0.594. The molecule has 0 aromatic rings. The van der Waals surface area contributed by atoms with E-state index in [-0.39, 0.29) is 6.42 Å². The number of nitrogens with one attached hydrogen (secondary N) is 1. The molecule has 1 fully saturated rings.